The zero-order chi connectivity index (χ0) is 14.2. The molecule has 0 spiro atoms. The molecule has 1 aliphatic rings. The Morgan fingerprint density at radius 2 is 2.25 bits per heavy atom. The summed E-state index contributed by atoms with van der Waals surface area (Å²) in [5.74, 6) is 0. The molecule has 104 valence electrons. The Kier molecular flexibility index (Phi) is 3.02. The van der Waals surface area contributed by atoms with Crippen LogP contribution in [0.15, 0.2) is 24.5 Å². The first-order valence-electron chi connectivity index (χ1n) is 7.10. The third-order valence-electron chi connectivity index (χ3n) is 4.32. The number of H-pyrrole nitrogens is 1. The van der Waals surface area contributed by atoms with Crippen molar-refractivity contribution in [2.45, 2.75) is 32.1 Å². The molecule has 1 aromatic heterocycles. The largest absolute Gasteiger partial charge is 0.345 e. The van der Waals surface area contributed by atoms with Crippen LogP contribution in [0.1, 0.15) is 32.3 Å². The SMILES string of the molecule is CC(C)(CNCC1(C#N)CC1)c1ccc2nc[nH]c2c1. The van der Waals surface area contributed by atoms with Gasteiger partial charge in [-0.1, -0.05) is 19.9 Å². The molecule has 1 heterocycles. The summed E-state index contributed by atoms with van der Waals surface area (Å²) in [4.78, 5) is 7.41. The summed E-state index contributed by atoms with van der Waals surface area (Å²) >= 11 is 0. The number of benzene rings is 1. The molecule has 0 amide bonds. The highest BCUT2D eigenvalue weighted by atomic mass is 14.9. The van der Waals surface area contributed by atoms with Gasteiger partial charge in [-0.05, 0) is 30.5 Å². The highest BCUT2D eigenvalue weighted by Gasteiger charge is 2.42. The summed E-state index contributed by atoms with van der Waals surface area (Å²) in [6.45, 7) is 6.13. The Balaban J connectivity index is 1.69. The number of imidazole rings is 1. The number of hydrogen-bond acceptors (Lipinski definition) is 3. The van der Waals surface area contributed by atoms with E-state index in [9.17, 15) is 0 Å². The highest BCUT2D eigenvalue weighted by Crippen LogP contribution is 2.44. The van der Waals surface area contributed by atoms with Crippen molar-refractivity contribution in [3.63, 3.8) is 0 Å². The summed E-state index contributed by atoms with van der Waals surface area (Å²) in [7, 11) is 0. The van der Waals surface area contributed by atoms with Gasteiger partial charge in [0.25, 0.3) is 0 Å². The fraction of sp³-hybridized carbons (Fsp3) is 0.500. The Bertz CT molecular complexity index is 658. The zero-order valence-electron chi connectivity index (χ0n) is 12.0. The van der Waals surface area contributed by atoms with Crippen molar-refractivity contribution in [1.82, 2.24) is 15.3 Å². The van der Waals surface area contributed by atoms with Gasteiger partial charge < -0.3 is 10.3 Å². The third kappa shape index (κ3) is 2.41. The molecule has 4 nitrogen and oxygen atoms in total. The fourth-order valence-corrected chi connectivity index (χ4v) is 2.55. The van der Waals surface area contributed by atoms with Crippen LogP contribution in [0.2, 0.25) is 0 Å². The maximum absolute atomic E-state index is 9.10. The summed E-state index contributed by atoms with van der Waals surface area (Å²) in [5.41, 5.74) is 3.31. The first kappa shape index (κ1) is 13.1. The zero-order valence-corrected chi connectivity index (χ0v) is 12.0. The number of aromatic nitrogens is 2. The molecular weight excluding hydrogens is 248 g/mol. The minimum Gasteiger partial charge on any atom is -0.345 e. The highest BCUT2D eigenvalue weighted by molar-refractivity contribution is 5.75. The average molecular weight is 268 g/mol. The van der Waals surface area contributed by atoms with Crippen LogP contribution < -0.4 is 5.32 Å². The van der Waals surface area contributed by atoms with Gasteiger partial charge in [-0.3, -0.25) is 0 Å². The van der Waals surface area contributed by atoms with Crippen molar-refractivity contribution in [3.8, 4) is 6.07 Å². The van der Waals surface area contributed by atoms with Crippen LogP contribution in [0.25, 0.3) is 11.0 Å². The summed E-state index contributed by atoms with van der Waals surface area (Å²) in [6.07, 6.45) is 3.80. The van der Waals surface area contributed by atoms with Crippen molar-refractivity contribution >= 4 is 11.0 Å². The van der Waals surface area contributed by atoms with Crippen molar-refractivity contribution in [2.75, 3.05) is 13.1 Å². The number of rotatable bonds is 5. The van der Waals surface area contributed by atoms with Gasteiger partial charge in [0.1, 0.15) is 0 Å². The third-order valence-corrected chi connectivity index (χ3v) is 4.32. The van der Waals surface area contributed by atoms with E-state index >= 15 is 0 Å². The molecule has 0 unspecified atom stereocenters. The summed E-state index contributed by atoms with van der Waals surface area (Å²) < 4.78 is 0. The summed E-state index contributed by atoms with van der Waals surface area (Å²) in [5, 5.41) is 12.6. The molecule has 4 heteroatoms. The standard InChI is InChI=1S/C16H20N4/c1-15(2,9-18-10-16(8-17)5-6-16)12-3-4-13-14(7-12)20-11-19-13/h3-4,7,11,18H,5-6,9-10H2,1-2H3,(H,19,20). The second-order valence-electron chi connectivity index (χ2n) is 6.51. The van der Waals surface area contributed by atoms with Gasteiger partial charge in [0.2, 0.25) is 0 Å². The molecule has 0 bridgehead atoms. The predicted molar refractivity (Wildman–Crippen MR) is 79.3 cm³/mol. The molecule has 0 radical (unpaired) electrons. The van der Waals surface area contributed by atoms with E-state index in [0.29, 0.717) is 0 Å². The number of nitrogens with zero attached hydrogens (tertiary/aromatic N) is 2. The number of fused-ring (bicyclic) bond motifs is 1. The van der Waals surface area contributed by atoms with Crippen molar-refractivity contribution in [2.24, 2.45) is 5.41 Å². The maximum Gasteiger partial charge on any atom is 0.0931 e. The lowest BCUT2D eigenvalue weighted by Crippen LogP contribution is -2.35. The van der Waals surface area contributed by atoms with Crippen LogP contribution >= 0.6 is 0 Å². The van der Waals surface area contributed by atoms with Crippen LogP contribution in [-0.4, -0.2) is 23.1 Å². The minimum atomic E-state index is -0.0799. The Morgan fingerprint density at radius 1 is 1.45 bits per heavy atom. The maximum atomic E-state index is 9.10. The summed E-state index contributed by atoms with van der Waals surface area (Å²) in [6, 6.07) is 8.79. The normalized spacial score (nSPS) is 17.1. The van der Waals surface area contributed by atoms with Gasteiger partial charge >= 0.3 is 0 Å². The second-order valence-corrected chi connectivity index (χ2v) is 6.51. The van der Waals surface area contributed by atoms with Crippen LogP contribution in [0, 0.1) is 16.7 Å². The van der Waals surface area contributed by atoms with Gasteiger partial charge in [0.15, 0.2) is 0 Å². The quantitative estimate of drug-likeness (QED) is 0.876. The molecule has 2 aromatic rings. The lowest BCUT2D eigenvalue weighted by Gasteiger charge is -2.26. The topological polar surface area (TPSA) is 64.5 Å². The molecule has 20 heavy (non-hydrogen) atoms. The van der Waals surface area contributed by atoms with E-state index in [2.05, 4.69) is 53.4 Å². The van der Waals surface area contributed by atoms with Crippen LogP contribution in [0.5, 0.6) is 0 Å². The number of nitriles is 1. The average Bonchev–Trinajstić information content (AvgIpc) is 3.06. The van der Waals surface area contributed by atoms with E-state index < -0.39 is 0 Å². The molecular formula is C16H20N4. The van der Waals surface area contributed by atoms with E-state index in [1.807, 2.05) is 0 Å². The van der Waals surface area contributed by atoms with Crippen LogP contribution in [0.3, 0.4) is 0 Å². The lowest BCUT2D eigenvalue weighted by molar-refractivity contribution is 0.443. The molecule has 1 aromatic carbocycles. The number of nitrogens with one attached hydrogen (secondary N) is 2. The first-order chi connectivity index (χ1) is 9.55. The predicted octanol–water partition coefficient (Wildman–Crippen LogP) is 2.73. The van der Waals surface area contributed by atoms with Gasteiger partial charge in [0.05, 0.1) is 28.8 Å². The van der Waals surface area contributed by atoms with Crippen LogP contribution in [0.4, 0.5) is 0 Å². The Labute approximate surface area is 119 Å². The molecule has 1 aliphatic carbocycles. The van der Waals surface area contributed by atoms with Crippen molar-refractivity contribution < 1.29 is 0 Å². The first-order valence-corrected chi connectivity index (χ1v) is 7.10. The van der Waals surface area contributed by atoms with Gasteiger partial charge in [-0.25, -0.2) is 4.98 Å². The Hall–Kier alpha value is -1.86. The molecule has 2 N–H and O–H groups in total. The second kappa shape index (κ2) is 4.60. The van der Waals surface area contributed by atoms with Crippen LogP contribution in [-0.2, 0) is 5.41 Å². The van der Waals surface area contributed by atoms with E-state index in [1.54, 1.807) is 6.33 Å². The van der Waals surface area contributed by atoms with Crippen molar-refractivity contribution in [1.29, 1.82) is 5.26 Å². The van der Waals surface area contributed by atoms with Gasteiger partial charge in [-0.15, -0.1) is 0 Å². The number of hydrogen-bond donors (Lipinski definition) is 2. The minimum absolute atomic E-state index is 0.0326. The van der Waals surface area contributed by atoms with E-state index in [1.165, 1.54) is 5.56 Å². The van der Waals surface area contributed by atoms with Gasteiger partial charge in [-0.2, -0.15) is 5.26 Å². The van der Waals surface area contributed by atoms with Gasteiger partial charge in [0, 0.05) is 18.5 Å². The molecule has 3 rings (SSSR count). The Morgan fingerprint density at radius 3 is 2.95 bits per heavy atom. The molecule has 0 atom stereocenters. The lowest BCUT2D eigenvalue weighted by atomic mass is 9.84. The number of aromatic amines is 1. The fourth-order valence-electron chi connectivity index (χ4n) is 2.55. The molecule has 0 saturated heterocycles. The van der Waals surface area contributed by atoms with Crippen molar-refractivity contribution in [3.05, 3.63) is 30.1 Å². The molecule has 1 fully saturated rings. The monoisotopic (exact) mass is 268 g/mol. The smallest absolute Gasteiger partial charge is 0.0931 e. The van der Waals surface area contributed by atoms with E-state index in [4.69, 9.17) is 5.26 Å². The van der Waals surface area contributed by atoms with E-state index in [0.717, 1.165) is 37.0 Å². The van der Waals surface area contributed by atoms with E-state index in [-0.39, 0.29) is 10.8 Å². The molecule has 0 aliphatic heterocycles. The molecule has 1 saturated carbocycles.